The largest absolute Gasteiger partial charge is 0.394 e. The molecule has 64 heteroatoms. The third-order valence-electron chi connectivity index (χ3n) is 27.3. The molecule has 33 N–H and O–H groups in total. The highest BCUT2D eigenvalue weighted by molar-refractivity contribution is 5.74. The first-order chi connectivity index (χ1) is 69.8. The Labute approximate surface area is 835 Å². The lowest BCUT2D eigenvalue weighted by molar-refractivity contribution is -0.407. The Morgan fingerprint density at radius 3 is 0.810 bits per heavy atom. The third kappa shape index (κ3) is 27.0. The molecule has 852 valence electrons. The minimum atomic E-state index is -2.59. The van der Waals surface area contributed by atoms with E-state index in [0.29, 0.717) is 0 Å². The van der Waals surface area contributed by atoms with Crippen LogP contribution in [0.1, 0.15) is 27.7 Å². The van der Waals surface area contributed by atoms with Crippen LogP contribution >= 0.6 is 0 Å². The summed E-state index contributed by atoms with van der Waals surface area (Å²) >= 11 is 0. The first kappa shape index (κ1) is 121. The highest BCUT2D eigenvalue weighted by atomic mass is 16.8. The molecule has 12 saturated heterocycles. The van der Waals surface area contributed by atoms with Crippen molar-refractivity contribution in [3.8, 4) is 0 Å². The number of carbonyl (C=O) groups excluding carboxylic acids is 4. The van der Waals surface area contributed by atoms with Crippen molar-refractivity contribution in [3.05, 3.63) is 0 Å². The maximum atomic E-state index is 13.8. The zero-order valence-electron chi connectivity index (χ0n) is 80.2. The van der Waals surface area contributed by atoms with E-state index in [2.05, 4.69) is 21.3 Å². The van der Waals surface area contributed by atoms with E-state index in [1.807, 2.05) is 0 Å². The molecule has 0 radical (unpaired) electrons. The minimum Gasteiger partial charge on any atom is -0.394 e. The van der Waals surface area contributed by atoms with Crippen LogP contribution in [0.5, 0.6) is 0 Å². The number of aliphatic hydroxyl groups excluding tert-OH is 29. The average molecular weight is 2150 g/mol. The number of ether oxygens (including phenoxy) is 27. The summed E-state index contributed by atoms with van der Waals surface area (Å²) in [6.45, 7) is -8.85. The van der Waals surface area contributed by atoms with Crippen LogP contribution in [0.15, 0.2) is 0 Å². The van der Waals surface area contributed by atoms with Crippen LogP contribution in [0, 0.1) is 0 Å². The van der Waals surface area contributed by atoms with Gasteiger partial charge >= 0.3 is 0 Å². The normalized spacial score (nSPS) is 49.0. The maximum Gasteiger partial charge on any atom is 0.217 e. The van der Waals surface area contributed by atoms with Crippen LogP contribution in [-0.2, 0) is 147 Å². The van der Waals surface area contributed by atoms with Crippen molar-refractivity contribution in [2.24, 2.45) is 0 Å². The van der Waals surface area contributed by atoms with Crippen LogP contribution in [-0.4, -0.2) is 642 Å². The van der Waals surface area contributed by atoms with E-state index >= 15 is 0 Å². The highest BCUT2D eigenvalue weighted by Gasteiger charge is 2.64. The second-order valence-corrected chi connectivity index (χ2v) is 37.1. The van der Waals surface area contributed by atoms with Crippen molar-refractivity contribution in [2.75, 3.05) is 108 Å². The molecular weight excluding hydrogens is 2010 g/mol. The van der Waals surface area contributed by atoms with Gasteiger partial charge in [-0.15, -0.1) is 0 Å². The number of aliphatic hydroxyl groups is 29. The Kier molecular flexibility index (Phi) is 44.6. The smallest absolute Gasteiger partial charge is 0.217 e. The Hall–Kier alpha value is -4.36. The molecule has 12 heterocycles. The molecule has 59 atom stereocenters. The second kappa shape index (κ2) is 54.1. The van der Waals surface area contributed by atoms with Gasteiger partial charge in [-0.05, 0) is 0 Å². The van der Waals surface area contributed by atoms with E-state index < -0.39 is 465 Å². The molecule has 12 rings (SSSR count). The molecular formula is C83H140N4O60. The molecule has 64 nitrogen and oxygen atoms in total. The number of amides is 4. The lowest BCUT2D eigenvalue weighted by Crippen LogP contribution is -2.72. The monoisotopic (exact) mass is 2150 g/mol. The summed E-state index contributed by atoms with van der Waals surface area (Å²) < 4.78 is 162. The van der Waals surface area contributed by atoms with Gasteiger partial charge in [0, 0.05) is 56.1 Å². The van der Waals surface area contributed by atoms with Gasteiger partial charge in [0.15, 0.2) is 75.5 Å². The molecule has 1 unspecified atom stereocenters. The number of nitrogens with one attached hydrogen (secondary N) is 4. The SMILES string of the molecule is CO[C@H]1[C@@H](O)[C@@H](CO)O[C@@H](OC[C@H]2O[C@@H](OC[C@H]3O[C@@H](O[C@H]4[C@H](O)[C@@H](NC(C)=O)[C@H](O[C@@H]5[C@@H](O[C@H]6[C@H](O)[C@@H](CO[C@H]7O[C@H](CO)[C@@H](O)[C@H](O)[C@@H]7O)O[C@@H](O[C@H]7[C@H](O)[C@@H](NC(C)=O)[C@H](O[C@H]8[C@H](O)[C@@H](NC(C)=O)C(O)O[C@@H]8CO)O[C@@H]7CO)[C@H]6O[C@@H]6O[C@H](CO)[C@H](O)[C@H]6O)O[C@H](CO)[C@@H](O)[C@@H]5O)O[C@@H]4CO)[C@H](NC(C)=O)[C@@H](O[C@@H]4O[C@H](CO[C@@H]5O[C@H](CO)[C@H](O)[C@H](OC)[C@H]5O)[C@H](O)[C@H](OC)[C@H]4O)[C@H]3O)[C@H](O)[C@@H](OC)[C@H]2O)[C@@H]1O. The van der Waals surface area contributed by atoms with Crippen molar-refractivity contribution < 1.29 is 295 Å². The van der Waals surface area contributed by atoms with Crippen LogP contribution in [0.4, 0.5) is 0 Å². The first-order valence-electron chi connectivity index (χ1n) is 47.1. The highest BCUT2D eigenvalue weighted by Crippen LogP contribution is 2.43. The van der Waals surface area contributed by atoms with Gasteiger partial charge in [0.05, 0.1) is 79.3 Å². The number of carbonyl (C=O) groups is 4. The van der Waals surface area contributed by atoms with Crippen molar-refractivity contribution in [1.29, 1.82) is 0 Å². The number of methoxy groups -OCH3 is 4. The predicted molar refractivity (Wildman–Crippen MR) is 454 cm³/mol. The lowest BCUT2D eigenvalue weighted by Gasteiger charge is -2.52. The van der Waals surface area contributed by atoms with Crippen molar-refractivity contribution in [1.82, 2.24) is 21.3 Å². The van der Waals surface area contributed by atoms with Crippen molar-refractivity contribution in [3.63, 3.8) is 0 Å². The summed E-state index contributed by atoms with van der Waals surface area (Å²) in [5, 5.41) is 340. The van der Waals surface area contributed by atoms with Gasteiger partial charge in [-0.3, -0.25) is 19.2 Å². The molecule has 0 saturated carbocycles. The second-order valence-electron chi connectivity index (χ2n) is 37.1. The van der Waals surface area contributed by atoms with Crippen LogP contribution in [0.3, 0.4) is 0 Å². The zero-order valence-corrected chi connectivity index (χ0v) is 80.2. The molecule has 0 spiro atoms. The van der Waals surface area contributed by atoms with Gasteiger partial charge < -0.3 is 297 Å². The zero-order chi connectivity index (χ0) is 108. The predicted octanol–water partition coefficient (Wildman–Crippen LogP) is -23.3. The van der Waals surface area contributed by atoms with E-state index in [-0.39, 0.29) is 0 Å². The summed E-state index contributed by atoms with van der Waals surface area (Å²) in [6.07, 6.45) is -112. The van der Waals surface area contributed by atoms with E-state index in [9.17, 15) is 167 Å². The molecule has 0 aromatic carbocycles. The fraction of sp³-hybridized carbons (Fsp3) is 0.952. The van der Waals surface area contributed by atoms with Gasteiger partial charge in [-0.25, -0.2) is 0 Å². The van der Waals surface area contributed by atoms with E-state index in [4.69, 9.17) is 128 Å². The Morgan fingerprint density at radius 1 is 0.190 bits per heavy atom. The topological polar surface area (TPSA) is 952 Å². The average Bonchev–Trinajstić information content (AvgIpc) is 1.18. The molecule has 4 amide bonds. The van der Waals surface area contributed by atoms with E-state index in [1.165, 1.54) is 0 Å². The van der Waals surface area contributed by atoms with Crippen LogP contribution in [0.2, 0.25) is 0 Å². The lowest BCUT2D eigenvalue weighted by atomic mass is 9.93. The van der Waals surface area contributed by atoms with Crippen LogP contribution < -0.4 is 21.3 Å². The molecule has 0 aliphatic carbocycles. The quantitative estimate of drug-likeness (QED) is 0.0270. The standard InChI is InChI=1S/C83H140N4O60/c1-21(96)84-37-50(109)61(30(14-93)129-72(37)120)141-73-38(85-22(2)97)52(111)63(32(16-95)135-73)143-83-71(147-80-55(114)43(102)27(11-90)133-80)69(49(108)36(140-83)20-125-76-56(115)53(112)41(100)25(9-88)130-76)145-82-70(54(113)42(101)26(10-89)134-82)146-74-39(86-23(3)98)51(110)62(31(15-94)136-74)142-75-40(87-24(4)99)64(144-81-60(119)68(124-8)48(107)35(139-81)19-127-78-58(117)66(122-6)45(104)29(13-92)132-78)46(105)33(137-75)17-128-79-59(118)67(123-7)47(106)34(138-79)18-126-77-57(116)65(121-5)44(103)28(12-91)131-77/h25-83,88-95,100-120H,9-20H2,1-8H3,(H,84,96)(H,85,97)(H,86,98)(H,87,99)/t25-,26-,27-,28-,29-,30-,31-,32-,33-,34-,35-,36-,37-,38-,39-,40-,41-,42-,43+,44+,45+,46+,47+,48+,49-,50-,51-,52-,53+,54+,55-,56+,57-,58-,59-,60-,61-,62-,63-,64-,65+,66+,67+,68+,69+,70+,71+,72?,73+,74+,75+,76+,77-,78-,79-,80+,81+,82-,83+/m1/s1. The van der Waals surface area contributed by atoms with Gasteiger partial charge in [0.2, 0.25) is 23.6 Å². The summed E-state index contributed by atoms with van der Waals surface area (Å²) in [4.78, 5) is 53.1. The minimum absolute atomic E-state index is 0.771. The van der Waals surface area contributed by atoms with Crippen molar-refractivity contribution in [2.45, 2.75) is 390 Å². The number of hydrogen-bond acceptors (Lipinski definition) is 60. The number of rotatable bonds is 42. The summed E-state index contributed by atoms with van der Waals surface area (Å²) in [6, 6.07) is -8.00. The molecule has 0 aromatic heterocycles. The van der Waals surface area contributed by atoms with Crippen molar-refractivity contribution >= 4 is 23.6 Å². The molecule has 0 aromatic rings. The molecule has 0 bridgehead atoms. The maximum absolute atomic E-state index is 13.8. The molecule has 147 heavy (non-hydrogen) atoms. The Bertz CT molecular complexity index is 4020. The Balaban J connectivity index is 0.888. The van der Waals surface area contributed by atoms with Crippen LogP contribution in [0.25, 0.3) is 0 Å². The Morgan fingerprint density at radius 2 is 0.415 bits per heavy atom. The van der Waals surface area contributed by atoms with E-state index in [0.717, 1.165) is 56.1 Å². The third-order valence-corrected chi connectivity index (χ3v) is 27.3. The van der Waals surface area contributed by atoms with Gasteiger partial charge in [-0.2, -0.15) is 0 Å². The first-order valence-corrected chi connectivity index (χ1v) is 47.1. The summed E-state index contributed by atoms with van der Waals surface area (Å²) in [5.41, 5.74) is 0. The van der Waals surface area contributed by atoms with E-state index in [1.54, 1.807) is 0 Å². The molecule has 12 aliphatic rings. The number of hydrogen-bond donors (Lipinski definition) is 33. The summed E-state index contributed by atoms with van der Waals surface area (Å²) in [5.74, 6) is -3.93. The summed E-state index contributed by atoms with van der Waals surface area (Å²) in [7, 11) is 4.33. The van der Waals surface area contributed by atoms with Gasteiger partial charge in [0.25, 0.3) is 0 Å². The molecule has 12 aliphatic heterocycles. The molecule has 12 fully saturated rings. The van der Waals surface area contributed by atoms with Gasteiger partial charge in [0.1, 0.15) is 287 Å². The fourth-order valence-electron chi connectivity index (χ4n) is 19.4. The fourth-order valence-corrected chi connectivity index (χ4v) is 19.4. The van der Waals surface area contributed by atoms with Gasteiger partial charge in [-0.1, -0.05) is 0 Å².